The van der Waals surface area contributed by atoms with Crippen LogP contribution in [0.3, 0.4) is 0 Å². The van der Waals surface area contributed by atoms with Crippen molar-refractivity contribution >= 4 is 21.8 Å². The predicted octanol–water partition coefficient (Wildman–Crippen LogP) is 3.10. The van der Waals surface area contributed by atoms with Crippen molar-refractivity contribution in [3.05, 3.63) is 63.4 Å². The molecule has 0 aliphatic rings. The Morgan fingerprint density at radius 2 is 2.10 bits per heavy atom. The van der Waals surface area contributed by atoms with Crippen molar-refractivity contribution in [2.75, 3.05) is 0 Å². The van der Waals surface area contributed by atoms with E-state index in [-0.39, 0.29) is 29.0 Å². The molecule has 0 unspecified atom stereocenters. The summed E-state index contributed by atoms with van der Waals surface area (Å²) in [6, 6.07) is 10.3. The Bertz CT molecular complexity index is 741. The number of phenolic OH excluding ortho intramolecular Hbond substituents is 1. The molecule has 0 aliphatic heterocycles. The summed E-state index contributed by atoms with van der Waals surface area (Å²) in [6.45, 7) is -0.00674. The molecule has 0 fully saturated rings. The third-order valence-corrected chi connectivity index (χ3v) is 3.50. The molecule has 0 heterocycles. The van der Waals surface area contributed by atoms with E-state index in [0.717, 1.165) is 6.07 Å². The summed E-state index contributed by atoms with van der Waals surface area (Å²) < 4.78 is 14.1. The van der Waals surface area contributed by atoms with Crippen LogP contribution in [0.2, 0.25) is 0 Å². The molecular formula is C15H10BrFN2O2. The summed E-state index contributed by atoms with van der Waals surface area (Å²) in [5, 5.41) is 20.7. The van der Waals surface area contributed by atoms with Crippen LogP contribution in [0, 0.1) is 17.1 Å². The molecule has 4 nitrogen and oxygen atoms in total. The molecule has 0 saturated heterocycles. The van der Waals surface area contributed by atoms with E-state index >= 15 is 0 Å². The van der Waals surface area contributed by atoms with E-state index in [0.29, 0.717) is 4.47 Å². The van der Waals surface area contributed by atoms with Gasteiger partial charge in [-0.1, -0.05) is 6.07 Å². The highest BCUT2D eigenvalue weighted by Crippen LogP contribution is 2.24. The molecule has 2 N–H and O–H groups in total. The molecule has 2 aromatic rings. The minimum atomic E-state index is -0.548. The van der Waals surface area contributed by atoms with Crippen molar-refractivity contribution in [1.29, 1.82) is 5.26 Å². The molecule has 2 aromatic carbocycles. The number of phenols is 1. The highest BCUT2D eigenvalue weighted by Gasteiger charge is 2.10. The average molecular weight is 349 g/mol. The zero-order valence-corrected chi connectivity index (χ0v) is 12.3. The second-order valence-corrected chi connectivity index (χ2v) is 5.12. The maximum atomic E-state index is 13.7. The second-order valence-electron chi connectivity index (χ2n) is 4.27. The normalized spacial score (nSPS) is 9.95. The average Bonchev–Trinajstić information content (AvgIpc) is 2.48. The fourth-order valence-electron chi connectivity index (χ4n) is 1.69. The van der Waals surface area contributed by atoms with Gasteiger partial charge in [0.1, 0.15) is 11.6 Å². The molecule has 2 rings (SSSR count). The van der Waals surface area contributed by atoms with E-state index in [2.05, 4.69) is 21.2 Å². The summed E-state index contributed by atoms with van der Waals surface area (Å²) in [6.07, 6.45) is 0. The summed E-state index contributed by atoms with van der Waals surface area (Å²) in [4.78, 5) is 11.9. The third kappa shape index (κ3) is 3.58. The van der Waals surface area contributed by atoms with Crippen LogP contribution in [0.15, 0.2) is 40.9 Å². The molecule has 106 valence electrons. The van der Waals surface area contributed by atoms with Gasteiger partial charge >= 0.3 is 0 Å². The Kier molecular flexibility index (Phi) is 4.55. The topological polar surface area (TPSA) is 73.1 Å². The van der Waals surface area contributed by atoms with Gasteiger partial charge < -0.3 is 10.4 Å². The number of nitriles is 1. The lowest BCUT2D eigenvalue weighted by Crippen LogP contribution is -2.23. The van der Waals surface area contributed by atoms with Gasteiger partial charge in [0, 0.05) is 17.7 Å². The lowest BCUT2D eigenvalue weighted by atomic mass is 10.1. The molecular weight excluding hydrogens is 339 g/mol. The Labute approximate surface area is 129 Å². The van der Waals surface area contributed by atoms with Crippen LogP contribution in [0.1, 0.15) is 21.5 Å². The van der Waals surface area contributed by atoms with Crippen molar-refractivity contribution < 1.29 is 14.3 Å². The number of hydrogen-bond acceptors (Lipinski definition) is 3. The first-order valence-electron chi connectivity index (χ1n) is 5.96. The van der Waals surface area contributed by atoms with Crippen LogP contribution in [-0.4, -0.2) is 11.0 Å². The van der Waals surface area contributed by atoms with Gasteiger partial charge in [0.15, 0.2) is 0 Å². The van der Waals surface area contributed by atoms with E-state index < -0.39 is 11.7 Å². The quantitative estimate of drug-likeness (QED) is 0.894. The smallest absolute Gasteiger partial charge is 0.251 e. The van der Waals surface area contributed by atoms with Gasteiger partial charge in [0.25, 0.3) is 5.91 Å². The third-order valence-electron chi connectivity index (χ3n) is 2.83. The summed E-state index contributed by atoms with van der Waals surface area (Å²) >= 11 is 3.12. The van der Waals surface area contributed by atoms with Crippen LogP contribution in [0.4, 0.5) is 4.39 Å². The number of carbonyl (C=O) groups excluding carboxylic acids is 1. The molecule has 0 aliphatic carbocycles. The van der Waals surface area contributed by atoms with Gasteiger partial charge in [-0.15, -0.1) is 0 Å². The Morgan fingerprint density at radius 3 is 2.71 bits per heavy atom. The van der Waals surface area contributed by atoms with Gasteiger partial charge in [-0.05, 0) is 46.3 Å². The van der Waals surface area contributed by atoms with Crippen LogP contribution in [0.25, 0.3) is 0 Å². The maximum absolute atomic E-state index is 13.7. The predicted molar refractivity (Wildman–Crippen MR) is 78.1 cm³/mol. The van der Waals surface area contributed by atoms with Crippen molar-refractivity contribution in [1.82, 2.24) is 5.32 Å². The molecule has 0 bridgehead atoms. The number of rotatable bonds is 3. The highest BCUT2D eigenvalue weighted by molar-refractivity contribution is 9.10. The zero-order valence-electron chi connectivity index (χ0n) is 10.7. The molecule has 1 amide bonds. The molecule has 0 saturated carbocycles. The first kappa shape index (κ1) is 15.0. The number of hydrogen-bond donors (Lipinski definition) is 2. The lowest BCUT2D eigenvalue weighted by Gasteiger charge is -2.07. The lowest BCUT2D eigenvalue weighted by molar-refractivity contribution is 0.0950. The standard InChI is InChI=1S/C15H10BrFN2O2/c16-12-4-3-10(6-14(12)20)15(21)19-8-11-2-1-9(7-18)5-13(11)17/h1-6,20H,8H2,(H,19,21). The monoisotopic (exact) mass is 348 g/mol. The van der Waals surface area contributed by atoms with Crippen LogP contribution < -0.4 is 5.32 Å². The van der Waals surface area contributed by atoms with Gasteiger partial charge in [-0.25, -0.2) is 4.39 Å². The number of aromatic hydroxyl groups is 1. The fraction of sp³-hybridized carbons (Fsp3) is 0.0667. The van der Waals surface area contributed by atoms with Gasteiger partial charge in [-0.3, -0.25) is 4.79 Å². The minimum Gasteiger partial charge on any atom is -0.507 e. The van der Waals surface area contributed by atoms with E-state index in [4.69, 9.17) is 5.26 Å². The fourth-order valence-corrected chi connectivity index (χ4v) is 1.94. The van der Waals surface area contributed by atoms with E-state index in [1.807, 2.05) is 6.07 Å². The van der Waals surface area contributed by atoms with E-state index in [1.54, 1.807) is 6.07 Å². The zero-order chi connectivity index (χ0) is 15.4. The molecule has 0 atom stereocenters. The number of nitrogens with one attached hydrogen (secondary N) is 1. The Balaban J connectivity index is 2.07. The number of benzene rings is 2. The number of carbonyl (C=O) groups is 1. The van der Waals surface area contributed by atoms with Crippen LogP contribution in [0.5, 0.6) is 5.75 Å². The first-order valence-corrected chi connectivity index (χ1v) is 6.76. The molecule has 0 radical (unpaired) electrons. The Hall–Kier alpha value is -2.39. The van der Waals surface area contributed by atoms with E-state index in [1.165, 1.54) is 24.3 Å². The molecule has 0 spiro atoms. The van der Waals surface area contributed by atoms with Crippen molar-refractivity contribution in [3.8, 4) is 11.8 Å². The molecule has 6 heteroatoms. The maximum Gasteiger partial charge on any atom is 0.251 e. The second kappa shape index (κ2) is 6.37. The van der Waals surface area contributed by atoms with E-state index in [9.17, 15) is 14.3 Å². The Morgan fingerprint density at radius 1 is 1.33 bits per heavy atom. The molecule has 0 aromatic heterocycles. The summed E-state index contributed by atoms with van der Waals surface area (Å²) in [5.74, 6) is -1.03. The minimum absolute atomic E-state index is 0.00674. The van der Waals surface area contributed by atoms with Crippen molar-refractivity contribution in [2.24, 2.45) is 0 Å². The summed E-state index contributed by atoms with van der Waals surface area (Å²) in [7, 11) is 0. The van der Waals surface area contributed by atoms with Gasteiger partial charge in [-0.2, -0.15) is 5.26 Å². The first-order chi connectivity index (χ1) is 10.0. The number of halogens is 2. The number of nitrogens with zero attached hydrogens (tertiary/aromatic N) is 1. The summed E-state index contributed by atoms with van der Waals surface area (Å²) in [5.41, 5.74) is 0.772. The molecule has 21 heavy (non-hydrogen) atoms. The van der Waals surface area contributed by atoms with Crippen LogP contribution in [-0.2, 0) is 6.54 Å². The largest absolute Gasteiger partial charge is 0.507 e. The highest BCUT2D eigenvalue weighted by atomic mass is 79.9. The van der Waals surface area contributed by atoms with Crippen molar-refractivity contribution in [2.45, 2.75) is 6.54 Å². The van der Waals surface area contributed by atoms with Gasteiger partial charge in [0.2, 0.25) is 0 Å². The number of amides is 1. The SMILES string of the molecule is N#Cc1ccc(CNC(=O)c2ccc(Br)c(O)c2)c(F)c1. The van der Waals surface area contributed by atoms with Crippen LogP contribution >= 0.6 is 15.9 Å². The van der Waals surface area contributed by atoms with Crippen molar-refractivity contribution in [3.63, 3.8) is 0 Å². The van der Waals surface area contributed by atoms with Gasteiger partial charge in [0.05, 0.1) is 16.1 Å².